The van der Waals surface area contributed by atoms with Crippen LogP contribution < -0.4 is 10.6 Å². The van der Waals surface area contributed by atoms with Crippen LogP contribution in [0.5, 0.6) is 0 Å². The molecule has 1 aliphatic heterocycles. The second-order valence-electron chi connectivity index (χ2n) is 4.68. The maximum Gasteiger partial charge on any atom is 0.228 e. The molecule has 0 saturated heterocycles. The molecule has 1 aromatic carbocycles. The monoisotopic (exact) mass is 264 g/mol. The lowest BCUT2D eigenvalue weighted by Crippen LogP contribution is -2.35. The molecule has 2 rings (SSSR count). The van der Waals surface area contributed by atoms with Gasteiger partial charge in [0.1, 0.15) is 5.82 Å². The highest BCUT2D eigenvalue weighted by molar-refractivity contribution is 6.01. The number of hydrogen-bond acceptors (Lipinski definition) is 2. The third kappa shape index (κ3) is 3.10. The fraction of sp³-hybridized carbons (Fsp3) is 0.429. The number of nitrogens with one attached hydrogen (secondary N) is 2. The van der Waals surface area contributed by atoms with Gasteiger partial charge in [-0.05, 0) is 24.1 Å². The number of rotatable bonds is 4. The summed E-state index contributed by atoms with van der Waals surface area (Å²) in [5.74, 6) is -1.38. The fourth-order valence-electron chi connectivity index (χ4n) is 2.18. The minimum Gasteiger partial charge on any atom is -0.356 e. The smallest absolute Gasteiger partial charge is 0.228 e. The van der Waals surface area contributed by atoms with Crippen molar-refractivity contribution in [3.63, 3.8) is 0 Å². The lowest BCUT2D eigenvalue weighted by Gasteiger charge is -2.24. The summed E-state index contributed by atoms with van der Waals surface area (Å²) < 4.78 is 13.1. The van der Waals surface area contributed by atoms with Crippen LogP contribution in [0.3, 0.4) is 0 Å². The third-order valence-electron chi connectivity index (χ3n) is 3.20. The highest BCUT2D eigenvalue weighted by Crippen LogP contribution is 2.32. The Hall–Kier alpha value is -1.91. The van der Waals surface area contributed by atoms with Crippen molar-refractivity contribution in [3.05, 3.63) is 29.6 Å². The van der Waals surface area contributed by atoms with Crippen molar-refractivity contribution in [3.8, 4) is 0 Å². The fourth-order valence-corrected chi connectivity index (χ4v) is 2.18. The van der Waals surface area contributed by atoms with Gasteiger partial charge in [-0.2, -0.15) is 0 Å². The Morgan fingerprint density at radius 2 is 2.32 bits per heavy atom. The Kier molecular flexibility index (Phi) is 4.14. The molecule has 102 valence electrons. The number of amides is 2. The van der Waals surface area contributed by atoms with E-state index in [0.29, 0.717) is 17.8 Å². The average Bonchev–Trinajstić information content (AvgIpc) is 2.37. The van der Waals surface area contributed by atoms with Crippen LogP contribution in [-0.4, -0.2) is 18.4 Å². The van der Waals surface area contributed by atoms with E-state index in [0.717, 1.165) is 12.8 Å². The van der Waals surface area contributed by atoms with Gasteiger partial charge < -0.3 is 10.6 Å². The Labute approximate surface area is 111 Å². The van der Waals surface area contributed by atoms with Crippen molar-refractivity contribution in [1.82, 2.24) is 5.32 Å². The van der Waals surface area contributed by atoms with Gasteiger partial charge in [0.2, 0.25) is 11.8 Å². The highest BCUT2D eigenvalue weighted by atomic mass is 19.1. The molecule has 19 heavy (non-hydrogen) atoms. The van der Waals surface area contributed by atoms with Crippen molar-refractivity contribution in [1.29, 1.82) is 0 Å². The molecule has 1 aromatic rings. The molecule has 0 aromatic heterocycles. The molecule has 0 saturated carbocycles. The normalized spacial score (nSPS) is 17.6. The Bertz CT molecular complexity index is 502. The number of carbonyl (C=O) groups excluding carboxylic acids is 2. The van der Waals surface area contributed by atoms with Gasteiger partial charge in [-0.15, -0.1) is 0 Å². The molecular formula is C14H17FN2O2. The third-order valence-corrected chi connectivity index (χ3v) is 3.20. The predicted octanol–water partition coefficient (Wildman–Crippen LogP) is 2.17. The van der Waals surface area contributed by atoms with Gasteiger partial charge in [0.15, 0.2) is 0 Å². The molecular weight excluding hydrogens is 247 g/mol. The molecule has 1 atom stereocenters. The van der Waals surface area contributed by atoms with Crippen LogP contribution in [0.4, 0.5) is 10.1 Å². The number of anilines is 1. The van der Waals surface area contributed by atoms with Crippen LogP contribution in [0, 0.1) is 5.82 Å². The van der Waals surface area contributed by atoms with Crippen LogP contribution in [0.2, 0.25) is 0 Å². The molecule has 1 aliphatic rings. The van der Waals surface area contributed by atoms with Crippen molar-refractivity contribution < 1.29 is 14.0 Å². The van der Waals surface area contributed by atoms with Crippen molar-refractivity contribution in [2.45, 2.75) is 32.1 Å². The second-order valence-corrected chi connectivity index (χ2v) is 4.68. The number of hydrogen-bond donors (Lipinski definition) is 2. The maximum absolute atomic E-state index is 13.1. The number of benzene rings is 1. The SMILES string of the molecule is CCCCNC(=O)C1CC(=O)Nc2cc(F)ccc21. The van der Waals surface area contributed by atoms with E-state index in [1.54, 1.807) is 6.07 Å². The molecule has 1 heterocycles. The van der Waals surface area contributed by atoms with Gasteiger partial charge in [-0.3, -0.25) is 9.59 Å². The van der Waals surface area contributed by atoms with Gasteiger partial charge in [-0.1, -0.05) is 19.4 Å². The lowest BCUT2D eigenvalue weighted by molar-refractivity contribution is -0.126. The van der Waals surface area contributed by atoms with Crippen molar-refractivity contribution in [2.75, 3.05) is 11.9 Å². The summed E-state index contributed by atoms with van der Waals surface area (Å²) in [6.45, 7) is 2.64. The average molecular weight is 264 g/mol. The van der Waals surface area contributed by atoms with Crippen LogP contribution in [0.15, 0.2) is 18.2 Å². The quantitative estimate of drug-likeness (QED) is 0.819. The summed E-state index contributed by atoms with van der Waals surface area (Å²) in [6, 6.07) is 4.12. The van der Waals surface area contributed by atoms with E-state index in [4.69, 9.17) is 0 Å². The topological polar surface area (TPSA) is 58.2 Å². The first-order valence-electron chi connectivity index (χ1n) is 6.49. The summed E-state index contributed by atoms with van der Waals surface area (Å²) in [5, 5.41) is 5.41. The van der Waals surface area contributed by atoms with E-state index in [9.17, 15) is 14.0 Å². The number of fused-ring (bicyclic) bond motifs is 1. The summed E-state index contributed by atoms with van der Waals surface area (Å²) >= 11 is 0. The molecule has 0 spiro atoms. The zero-order valence-corrected chi connectivity index (χ0v) is 10.8. The first-order valence-corrected chi connectivity index (χ1v) is 6.49. The van der Waals surface area contributed by atoms with E-state index >= 15 is 0 Å². The summed E-state index contributed by atoms with van der Waals surface area (Å²) in [6.07, 6.45) is 2.00. The van der Waals surface area contributed by atoms with Crippen LogP contribution in [-0.2, 0) is 9.59 Å². The van der Waals surface area contributed by atoms with Crippen LogP contribution in [0.1, 0.15) is 37.7 Å². The van der Waals surface area contributed by atoms with Crippen LogP contribution in [0.25, 0.3) is 0 Å². The second kappa shape index (κ2) is 5.82. The zero-order chi connectivity index (χ0) is 13.8. The van der Waals surface area contributed by atoms with Gasteiger partial charge in [-0.25, -0.2) is 4.39 Å². The minimum atomic E-state index is -0.527. The van der Waals surface area contributed by atoms with Gasteiger partial charge in [0, 0.05) is 18.7 Å². The zero-order valence-electron chi connectivity index (χ0n) is 10.8. The van der Waals surface area contributed by atoms with Crippen molar-refractivity contribution in [2.24, 2.45) is 0 Å². The van der Waals surface area contributed by atoms with Gasteiger partial charge in [0.05, 0.1) is 5.92 Å². The number of unbranched alkanes of at least 4 members (excludes halogenated alkanes) is 1. The number of halogens is 1. The van der Waals surface area contributed by atoms with E-state index in [2.05, 4.69) is 10.6 Å². The molecule has 2 N–H and O–H groups in total. The molecule has 4 nitrogen and oxygen atoms in total. The van der Waals surface area contributed by atoms with Crippen molar-refractivity contribution >= 4 is 17.5 Å². The van der Waals surface area contributed by atoms with Crippen LogP contribution >= 0.6 is 0 Å². The standard InChI is InChI=1S/C14H17FN2O2/c1-2-3-6-16-14(19)11-8-13(18)17-12-7-9(15)4-5-10(11)12/h4-5,7,11H,2-3,6,8H2,1H3,(H,16,19)(H,17,18). The molecule has 0 fully saturated rings. The molecule has 2 amide bonds. The summed E-state index contributed by atoms with van der Waals surface area (Å²) in [7, 11) is 0. The van der Waals surface area contributed by atoms with E-state index in [1.807, 2.05) is 6.92 Å². The molecule has 5 heteroatoms. The summed E-state index contributed by atoms with van der Waals surface area (Å²) in [5.41, 5.74) is 1.07. The van der Waals surface area contributed by atoms with E-state index < -0.39 is 11.7 Å². The molecule has 0 bridgehead atoms. The number of carbonyl (C=O) groups is 2. The Morgan fingerprint density at radius 1 is 1.53 bits per heavy atom. The van der Waals surface area contributed by atoms with E-state index in [-0.39, 0.29) is 18.2 Å². The van der Waals surface area contributed by atoms with Gasteiger partial charge >= 0.3 is 0 Å². The minimum absolute atomic E-state index is 0.108. The summed E-state index contributed by atoms with van der Waals surface area (Å²) in [4.78, 5) is 23.6. The Balaban J connectivity index is 2.18. The Morgan fingerprint density at radius 3 is 3.05 bits per heavy atom. The molecule has 0 radical (unpaired) electrons. The largest absolute Gasteiger partial charge is 0.356 e. The molecule has 0 aliphatic carbocycles. The lowest BCUT2D eigenvalue weighted by atomic mass is 9.89. The maximum atomic E-state index is 13.1. The molecule has 1 unspecified atom stereocenters. The van der Waals surface area contributed by atoms with Gasteiger partial charge in [0.25, 0.3) is 0 Å². The first-order chi connectivity index (χ1) is 9.11. The van der Waals surface area contributed by atoms with E-state index in [1.165, 1.54) is 12.1 Å². The first kappa shape index (κ1) is 13.5. The predicted molar refractivity (Wildman–Crippen MR) is 70.3 cm³/mol. The highest BCUT2D eigenvalue weighted by Gasteiger charge is 2.30.